The summed E-state index contributed by atoms with van der Waals surface area (Å²) in [6.45, 7) is 8.75. The van der Waals surface area contributed by atoms with Gasteiger partial charge in [0.1, 0.15) is 0 Å². The van der Waals surface area contributed by atoms with Gasteiger partial charge in [-0.2, -0.15) is 0 Å². The number of amides is 2. The van der Waals surface area contributed by atoms with Gasteiger partial charge in [0.05, 0.1) is 23.5 Å². The number of hydrogen-bond donors (Lipinski definition) is 1. The fourth-order valence-corrected chi connectivity index (χ4v) is 3.74. The van der Waals surface area contributed by atoms with Crippen LogP contribution in [0.2, 0.25) is 0 Å². The first kappa shape index (κ1) is 19.7. The van der Waals surface area contributed by atoms with E-state index in [1.165, 1.54) is 0 Å². The van der Waals surface area contributed by atoms with E-state index in [9.17, 15) is 9.59 Å². The Morgan fingerprint density at radius 1 is 1.26 bits per heavy atom. The van der Waals surface area contributed by atoms with Crippen LogP contribution >= 0.6 is 0 Å². The van der Waals surface area contributed by atoms with E-state index in [-0.39, 0.29) is 36.0 Å². The van der Waals surface area contributed by atoms with Crippen LogP contribution in [0.5, 0.6) is 0 Å². The number of rotatable bonds is 5. The minimum atomic E-state index is -0.366. The molecule has 0 bridgehead atoms. The Morgan fingerprint density at radius 2 is 1.96 bits per heavy atom. The van der Waals surface area contributed by atoms with Gasteiger partial charge in [0, 0.05) is 12.5 Å². The predicted octanol–water partition coefficient (Wildman–Crippen LogP) is 3.64. The number of nitrogens with two attached hydrogens (primary N) is 1. The smallest absolute Gasteiger partial charge is 0.414 e. The van der Waals surface area contributed by atoms with Gasteiger partial charge < -0.3 is 15.4 Å². The molecule has 1 aromatic rings. The minimum absolute atomic E-state index is 0.0901. The highest BCUT2D eigenvalue weighted by Gasteiger charge is 2.41. The summed E-state index contributed by atoms with van der Waals surface area (Å²) in [5.41, 5.74) is 8.56. The lowest BCUT2D eigenvalue weighted by molar-refractivity contribution is -0.120. The van der Waals surface area contributed by atoms with Gasteiger partial charge in [0.2, 0.25) is 5.91 Å². The highest BCUT2D eigenvalue weighted by molar-refractivity contribution is 6.04. The number of nitrogens with zero attached hydrogens (tertiary/aromatic N) is 2. The van der Waals surface area contributed by atoms with Crippen molar-refractivity contribution in [2.24, 2.45) is 11.7 Å². The Morgan fingerprint density at radius 3 is 2.52 bits per heavy atom. The largest absolute Gasteiger partial charge is 0.446 e. The van der Waals surface area contributed by atoms with Crippen molar-refractivity contribution >= 4 is 23.4 Å². The van der Waals surface area contributed by atoms with E-state index < -0.39 is 0 Å². The zero-order chi connectivity index (χ0) is 19.7. The number of carbonyl (C=O) groups is 2. The van der Waals surface area contributed by atoms with E-state index in [0.29, 0.717) is 13.1 Å². The standard InChI is InChI=1S/C21H31N3O3/c1-5-15(11-22)17-8-9-18-19(10-17)23(21(26)27-13(2)3)12-14(4)24(18)20(25)16-6-7-16/h8-10,13-16H,5-7,11-12,22H2,1-4H3/t14-,15?/m0/s1. The molecule has 2 amide bonds. The summed E-state index contributed by atoms with van der Waals surface area (Å²) in [5, 5.41) is 0. The van der Waals surface area contributed by atoms with Crippen LogP contribution in [-0.4, -0.2) is 37.2 Å². The lowest BCUT2D eigenvalue weighted by Crippen LogP contribution is -2.52. The van der Waals surface area contributed by atoms with Crippen molar-refractivity contribution in [3.05, 3.63) is 23.8 Å². The second kappa shape index (κ2) is 7.89. The molecule has 0 aromatic heterocycles. The van der Waals surface area contributed by atoms with Crippen LogP contribution in [0.25, 0.3) is 0 Å². The monoisotopic (exact) mass is 373 g/mol. The van der Waals surface area contributed by atoms with Gasteiger partial charge in [-0.25, -0.2) is 4.79 Å². The normalized spacial score (nSPS) is 20.4. The SMILES string of the molecule is CCC(CN)c1ccc2c(c1)N(C(=O)OC(C)C)C[C@H](C)N2C(=O)C1CC1. The lowest BCUT2D eigenvalue weighted by atomic mass is 9.94. The summed E-state index contributed by atoms with van der Waals surface area (Å²) in [4.78, 5) is 29.2. The number of ether oxygens (including phenoxy) is 1. The first-order valence-electron chi connectivity index (χ1n) is 10.0. The molecule has 3 rings (SSSR count). The van der Waals surface area contributed by atoms with Gasteiger partial charge >= 0.3 is 6.09 Å². The first-order valence-corrected chi connectivity index (χ1v) is 10.0. The molecule has 2 atom stereocenters. The van der Waals surface area contributed by atoms with Crippen molar-refractivity contribution in [2.45, 2.75) is 65.0 Å². The van der Waals surface area contributed by atoms with E-state index in [1.807, 2.05) is 43.9 Å². The van der Waals surface area contributed by atoms with Gasteiger partial charge in [-0.1, -0.05) is 13.0 Å². The van der Waals surface area contributed by atoms with Crippen molar-refractivity contribution in [3.63, 3.8) is 0 Å². The Bertz CT molecular complexity index is 711. The summed E-state index contributed by atoms with van der Waals surface area (Å²) in [6.07, 6.45) is 2.28. The molecule has 2 N–H and O–H groups in total. The third-order valence-electron chi connectivity index (χ3n) is 5.41. The highest BCUT2D eigenvalue weighted by Crippen LogP contribution is 2.42. The summed E-state index contributed by atoms with van der Waals surface area (Å²) >= 11 is 0. The molecule has 1 aliphatic carbocycles. The molecule has 148 valence electrons. The molecule has 1 heterocycles. The second-order valence-electron chi connectivity index (χ2n) is 7.96. The summed E-state index contributed by atoms with van der Waals surface area (Å²) in [6, 6.07) is 5.93. The number of carbonyl (C=O) groups excluding carboxylic acids is 2. The van der Waals surface area contributed by atoms with Crippen LogP contribution in [0.1, 0.15) is 58.4 Å². The Kier molecular flexibility index (Phi) is 5.75. The molecule has 6 heteroatoms. The van der Waals surface area contributed by atoms with Crippen LogP contribution in [0.4, 0.5) is 16.2 Å². The molecular formula is C21H31N3O3. The number of hydrogen-bond acceptors (Lipinski definition) is 4. The van der Waals surface area contributed by atoms with E-state index >= 15 is 0 Å². The maximum absolute atomic E-state index is 12.9. The molecule has 1 aliphatic heterocycles. The third-order valence-corrected chi connectivity index (χ3v) is 5.41. The first-order chi connectivity index (χ1) is 12.9. The van der Waals surface area contributed by atoms with Crippen molar-refractivity contribution < 1.29 is 14.3 Å². The Balaban J connectivity index is 2.03. The fourth-order valence-electron chi connectivity index (χ4n) is 3.74. The van der Waals surface area contributed by atoms with Crippen LogP contribution < -0.4 is 15.5 Å². The molecular weight excluding hydrogens is 342 g/mol. The van der Waals surface area contributed by atoms with Crippen molar-refractivity contribution in [1.82, 2.24) is 0 Å². The number of benzene rings is 1. The van der Waals surface area contributed by atoms with Crippen molar-refractivity contribution in [2.75, 3.05) is 22.9 Å². The number of anilines is 2. The van der Waals surface area contributed by atoms with E-state index in [0.717, 1.165) is 36.2 Å². The van der Waals surface area contributed by atoms with Gasteiger partial charge in [-0.3, -0.25) is 9.69 Å². The van der Waals surface area contributed by atoms with Crippen LogP contribution in [0, 0.1) is 5.92 Å². The Hall–Kier alpha value is -2.08. The molecule has 1 aromatic carbocycles. The topological polar surface area (TPSA) is 75.9 Å². The Labute approximate surface area is 161 Å². The highest BCUT2D eigenvalue weighted by atomic mass is 16.6. The molecule has 0 spiro atoms. The molecule has 27 heavy (non-hydrogen) atoms. The summed E-state index contributed by atoms with van der Waals surface area (Å²) in [5.74, 6) is 0.519. The van der Waals surface area contributed by atoms with E-state index in [4.69, 9.17) is 10.5 Å². The maximum atomic E-state index is 12.9. The van der Waals surface area contributed by atoms with Gasteiger partial charge in [-0.05, 0) is 70.2 Å². The molecule has 6 nitrogen and oxygen atoms in total. The average Bonchev–Trinajstić information content (AvgIpc) is 3.46. The van der Waals surface area contributed by atoms with Crippen LogP contribution in [-0.2, 0) is 9.53 Å². The quantitative estimate of drug-likeness (QED) is 0.855. The predicted molar refractivity (Wildman–Crippen MR) is 107 cm³/mol. The second-order valence-corrected chi connectivity index (χ2v) is 7.96. The summed E-state index contributed by atoms with van der Waals surface area (Å²) < 4.78 is 5.46. The zero-order valence-electron chi connectivity index (χ0n) is 16.8. The maximum Gasteiger partial charge on any atom is 0.414 e. The third kappa shape index (κ3) is 3.95. The zero-order valence-corrected chi connectivity index (χ0v) is 16.8. The molecule has 1 saturated carbocycles. The summed E-state index contributed by atoms with van der Waals surface area (Å²) in [7, 11) is 0. The number of fused-ring (bicyclic) bond motifs is 1. The average molecular weight is 373 g/mol. The molecule has 0 radical (unpaired) electrons. The fraction of sp³-hybridized carbons (Fsp3) is 0.619. The van der Waals surface area contributed by atoms with E-state index in [1.54, 1.807) is 4.90 Å². The van der Waals surface area contributed by atoms with Crippen LogP contribution in [0.3, 0.4) is 0 Å². The lowest BCUT2D eigenvalue weighted by Gasteiger charge is -2.41. The van der Waals surface area contributed by atoms with Gasteiger partial charge in [0.15, 0.2) is 0 Å². The molecule has 1 fully saturated rings. The van der Waals surface area contributed by atoms with Crippen molar-refractivity contribution in [3.8, 4) is 0 Å². The van der Waals surface area contributed by atoms with Gasteiger partial charge in [-0.15, -0.1) is 0 Å². The van der Waals surface area contributed by atoms with E-state index in [2.05, 4.69) is 6.92 Å². The minimum Gasteiger partial charge on any atom is -0.446 e. The van der Waals surface area contributed by atoms with Crippen molar-refractivity contribution in [1.29, 1.82) is 0 Å². The molecule has 1 unspecified atom stereocenters. The molecule has 0 saturated heterocycles. The van der Waals surface area contributed by atoms with Crippen LogP contribution in [0.15, 0.2) is 18.2 Å². The van der Waals surface area contributed by atoms with Gasteiger partial charge in [0.25, 0.3) is 0 Å². The molecule has 2 aliphatic rings.